The van der Waals surface area contributed by atoms with Gasteiger partial charge in [-0.1, -0.05) is 50.2 Å². The molecule has 0 spiro atoms. The van der Waals surface area contributed by atoms with Crippen molar-refractivity contribution in [2.75, 3.05) is 0 Å². The van der Waals surface area contributed by atoms with Gasteiger partial charge < -0.3 is 9.88 Å². The molecular weight excluding hydrogens is 324 g/mol. The summed E-state index contributed by atoms with van der Waals surface area (Å²) >= 11 is 0. The fourth-order valence-corrected chi connectivity index (χ4v) is 3.10. The second-order valence-corrected chi connectivity index (χ2v) is 6.49. The molecule has 0 aliphatic heterocycles. The van der Waals surface area contributed by atoms with Gasteiger partial charge in [0.05, 0.1) is 6.54 Å². The average Bonchev–Trinajstić information content (AvgIpc) is 2.67. The fraction of sp³-hybridized carbons (Fsp3) is 0.273. The number of amides is 1. The van der Waals surface area contributed by atoms with Gasteiger partial charge in [0.2, 0.25) is 5.91 Å². The number of hydrogen-bond acceptors (Lipinski definition) is 2. The normalized spacial score (nSPS) is 10.8. The van der Waals surface area contributed by atoms with Crippen molar-refractivity contribution in [2.45, 2.75) is 39.8 Å². The van der Waals surface area contributed by atoms with Gasteiger partial charge in [-0.15, -0.1) is 0 Å². The molecule has 0 fully saturated rings. The lowest BCUT2D eigenvalue weighted by molar-refractivity contribution is -0.132. The molecule has 0 atom stereocenters. The van der Waals surface area contributed by atoms with E-state index in [0.717, 1.165) is 22.9 Å². The Labute approximate surface area is 153 Å². The van der Waals surface area contributed by atoms with E-state index >= 15 is 0 Å². The second-order valence-electron chi connectivity index (χ2n) is 6.49. The zero-order valence-corrected chi connectivity index (χ0v) is 15.3. The molecule has 0 aliphatic rings. The number of rotatable bonds is 6. The van der Waals surface area contributed by atoms with Crippen LogP contribution in [0.1, 0.15) is 37.0 Å². The van der Waals surface area contributed by atoms with E-state index in [2.05, 4.69) is 18.0 Å². The van der Waals surface area contributed by atoms with Gasteiger partial charge in [-0.25, -0.2) is 0 Å². The van der Waals surface area contributed by atoms with E-state index in [9.17, 15) is 9.59 Å². The molecule has 0 aliphatic carbocycles. The van der Waals surface area contributed by atoms with E-state index in [4.69, 9.17) is 0 Å². The lowest BCUT2D eigenvalue weighted by Crippen LogP contribution is -2.31. The highest BCUT2D eigenvalue weighted by Crippen LogP contribution is 2.16. The quantitative estimate of drug-likeness (QED) is 0.731. The molecule has 4 heteroatoms. The Balaban J connectivity index is 1.93. The molecule has 2 aromatic carbocycles. The summed E-state index contributed by atoms with van der Waals surface area (Å²) in [5.74, 6) is 0.0376. The van der Waals surface area contributed by atoms with Gasteiger partial charge in [-0.05, 0) is 41.1 Å². The SMILES string of the molecule is CCC(=O)N(Cc1ccccc1)Cc1cc2cc(CC)ccc2[nH]c1=O. The van der Waals surface area contributed by atoms with E-state index in [1.54, 1.807) is 4.90 Å². The largest absolute Gasteiger partial charge is 0.334 e. The van der Waals surface area contributed by atoms with Crippen molar-refractivity contribution in [1.82, 2.24) is 9.88 Å². The minimum Gasteiger partial charge on any atom is -0.334 e. The predicted octanol–water partition coefficient (Wildman–Crippen LogP) is 4.03. The summed E-state index contributed by atoms with van der Waals surface area (Å²) in [5.41, 5.74) is 3.58. The van der Waals surface area contributed by atoms with Gasteiger partial charge in [0.25, 0.3) is 5.56 Å². The lowest BCUT2D eigenvalue weighted by atomic mass is 10.1. The first-order valence-corrected chi connectivity index (χ1v) is 9.07. The van der Waals surface area contributed by atoms with Crippen molar-refractivity contribution < 1.29 is 4.79 Å². The fourth-order valence-electron chi connectivity index (χ4n) is 3.10. The molecule has 1 amide bonds. The van der Waals surface area contributed by atoms with E-state index in [1.807, 2.05) is 55.5 Å². The molecule has 3 rings (SSSR count). The maximum absolute atomic E-state index is 12.5. The highest BCUT2D eigenvalue weighted by Gasteiger charge is 2.15. The maximum atomic E-state index is 12.5. The molecular formula is C22H24N2O2. The number of H-pyrrole nitrogens is 1. The number of pyridine rings is 1. The molecule has 3 aromatic rings. The van der Waals surface area contributed by atoms with Gasteiger partial charge in [0.1, 0.15) is 0 Å². The molecule has 4 nitrogen and oxygen atoms in total. The molecule has 0 saturated heterocycles. The molecule has 0 radical (unpaired) electrons. The zero-order valence-electron chi connectivity index (χ0n) is 15.3. The van der Waals surface area contributed by atoms with Crippen molar-refractivity contribution in [3.8, 4) is 0 Å². The second kappa shape index (κ2) is 8.00. The number of aromatic amines is 1. The summed E-state index contributed by atoms with van der Waals surface area (Å²) in [6.07, 6.45) is 1.36. The van der Waals surface area contributed by atoms with Gasteiger partial charge >= 0.3 is 0 Å². The minimum atomic E-state index is -0.135. The molecule has 134 valence electrons. The van der Waals surface area contributed by atoms with Gasteiger partial charge in [0.15, 0.2) is 0 Å². The molecule has 1 N–H and O–H groups in total. The Morgan fingerprint density at radius 2 is 1.73 bits per heavy atom. The lowest BCUT2D eigenvalue weighted by Gasteiger charge is -2.22. The summed E-state index contributed by atoms with van der Waals surface area (Å²) in [5, 5.41) is 1.00. The number of nitrogens with zero attached hydrogens (tertiary/aromatic N) is 1. The third-order valence-electron chi connectivity index (χ3n) is 4.63. The summed E-state index contributed by atoms with van der Waals surface area (Å²) in [7, 11) is 0. The van der Waals surface area contributed by atoms with Crippen molar-refractivity contribution in [3.05, 3.63) is 81.6 Å². The highest BCUT2D eigenvalue weighted by atomic mass is 16.2. The Morgan fingerprint density at radius 3 is 2.42 bits per heavy atom. The third-order valence-corrected chi connectivity index (χ3v) is 4.63. The molecule has 1 heterocycles. The summed E-state index contributed by atoms with van der Waals surface area (Å²) in [6.45, 7) is 4.76. The number of carbonyl (C=O) groups is 1. The van der Waals surface area contributed by atoms with E-state index in [0.29, 0.717) is 25.1 Å². The molecule has 0 saturated carbocycles. The monoisotopic (exact) mass is 348 g/mol. The smallest absolute Gasteiger partial charge is 0.253 e. The van der Waals surface area contributed by atoms with Crippen LogP contribution in [-0.4, -0.2) is 15.8 Å². The van der Waals surface area contributed by atoms with Crippen molar-refractivity contribution >= 4 is 16.8 Å². The summed E-state index contributed by atoms with van der Waals surface area (Å²) in [6, 6.07) is 17.8. The van der Waals surface area contributed by atoms with Crippen molar-refractivity contribution in [1.29, 1.82) is 0 Å². The van der Waals surface area contributed by atoms with Crippen LogP contribution in [0.15, 0.2) is 59.4 Å². The number of benzene rings is 2. The van der Waals surface area contributed by atoms with E-state index in [-0.39, 0.29) is 11.5 Å². The van der Waals surface area contributed by atoms with Crippen LogP contribution >= 0.6 is 0 Å². The van der Waals surface area contributed by atoms with Crippen LogP contribution < -0.4 is 5.56 Å². The first-order chi connectivity index (χ1) is 12.6. The third kappa shape index (κ3) is 4.02. The average molecular weight is 348 g/mol. The first kappa shape index (κ1) is 17.9. The number of aromatic nitrogens is 1. The van der Waals surface area contributed by atoms with E-state index in [1.165, 1.54) is 5.56 Å². The van der Waals surface area contributed by atoms with E-state index < -0.39 is 0 Å². The van der Waals surface area contributed by atoms with Crippen LogP contribution in [0, 0.1) is 0 Å². The molecule has 0 unspecified atom stereocenters. The standard InChI is InChI=1S/C22H24N2O2/c1-3-16-10-11-20-18(12-16)13-19(22(26)23-20)15-24(21(25)4-2)14-17-8-6-5-7-9-17/h5-13H,3-4,14-15H2,1-2H3,(H,23,26). The van der Waals surface area contributed by atoms with Gasteiger partial charge in [-0.3, -0.25) is 9.59 Å². The van der Waals surface area contributed by atoms with Gasteiger partial charge in [0, 0.05) is 24.0 Å². The highest BCUT2D eigenvalue weighted by molar-refractivity contribution is 5.80. The topological polar surface area (TPSA) is 53.2 Å². The van der Waals surface area contributed by atoms with Crippen LogP contribution in [0.3, 0.4) is 0 Å². The summed E-state index contributed by atoms with van der Waals surface area (Å²) in [4.78, 5) is 29.6. The van der Waals surface area contributed by atoms with Crippen LogP contribution in [0.5, 0.6) is 0 Å². The Hall–Kier alpha value is -2.88. The maximum Gasteiger partial charge on any atom is 0.253 e. The first-order valence-electron chi connectivity index (χ1n) is 9.07. The molecule has 1 aromatic heterocycles. The molecule has 0 bridgehead atoms. The van der Waals surface area contributed by atoms with Crippen LogP contribution in [0.25, 0.3) is 10.9 Å². The predicted molar refractivity (Wildman–Crippen MR) is 105 cm³/mol. The number of aryl methyl sites for hydroxylation is 1. The number of hydrogen-bond donors (Lipinski definition) is 1. The summed E-state index contributed by atoms with van der Waals surface area (Å²) < 4.78 is 0. The van der Waals surface area contributed by atoms with Crippen molar-refractivity contribution in [2.24, 2.45) is 0 Å². The number of nitrogens with one attached hydrogen (secondary N) is 1. The molecule has 26 heavy (non-hydrogen) atoms. The minimum absolute atomic E-state index is 0.0376. The number of fused-ring (bicyclic) bond motifs is 1. The van der Waals surface area contributed by atoms with Crippen LogP contribution in [-0.2, 0) is 24.3 Å². The Morgan fingerprint density at radius 1 is 0.962 bits per heavy atom. The zero-order chi connectivity index (χ0) is 18.5. The van der Waals surface area contributed by atoms with Gasteiger partial charge in [-0.2, -0.15) is 0 Å². The Kier molecular flexibility index (Phi) is 5.52. The Bertz CT molecular complexity index is 961. The van der Waals surface area contributed by atoms with Crippen LogP contribution in [0.4, 0.5) is 0 Å². The van der Waals surface area contributed by atoms with Crippen molar-refractivity contribution in [3.63, 3.8) is 0 Å². The number of carbonyl (C=O) groups excluding carboxylic acids is 1. The van der Waals surface area contributed by atoms with Crippen LogP contribution in [0.2, 0.25) is 0 Å².